The molecule has 2 heteroatoms. The number of aryl methyl sites for hydroxylation is 2. The summed E-state index contributed by atoms with van der Waals surface area (Å²) in [4.78, 5) is 2.21. The van der Waals surface area contributed by atoms with Crippen molar-refractivity contribution >= 4 is 5.69 Å². The van der Waals surface area contributed by atoms with Crippen LogP contribution in [0.4, 0.5) is 5.69 Å². The van der Waals surface area contributed by atoms with Crippen LogP contribution < -0.4 is 4.90 Å². The number of aliphatic hydroxyl groups excluding tert-OH is 1. The fourth-order valence-corrected chi connectivity index (χ4v) is 2.34. The molecule has 0 aliphatic carbocycles. The van der Waals surface area contributed by atoms with E-state index in [1.807, 2.05) is 24.3 Å². The fraction of sp³-hybridized carbons (Fsp3) is 0.333. The van der Waals surface area contributed by atoms with Gasteiger partial charge in [0.2, 0.25) is 0 Å². The summed E-state index contributed by atoms with van der Waals surface area (Å²) in [6, 6.07) is 16.5. The normalized spacial score (nSPS) is 12.2. The lowest BCUT2D eigenvalue weighted by molar-refractivity contribution is 0.183. The first-order chi connectivity index (χ1) is 9.60. The maximum Gasteiger partial charge on any atom is 0.0964 e. The molecule has 0 saturated carbocycles. The highest BCUT2D eigenvalue weighted by Gasteiger charge is 2.13. The van der Waals surface area contributed by atoms with E-state index in [2.05, 4.69) is 49.9 Å². The van der Waals surface area contributed by atoms with Crippen LogP contribution in [0.1, 0.15) is 29.7 Å². The highest BCUT2D eigenvalue weighted by molar-refractivity contribution is 5.48. The SMILES string of the molecule is CCN(CC(O)c1ccc(C)cc1)c1cccc(C)c1. The summed E-state index contributed by atoms with van der Waals surface area (Å²) in [7, 11) is 0. The van der Waals surface area contributed by atoms with Crippen LogP contribution in [-0.4, -0.2) is 18.2 Å². The largest absolute Gasteiger partial charge is 0.387 e. The van der Waals surface area contributed by atoms with Gasteiger partial charge in [-0.15, -0.1) is 0 Å². The van der Waals surface area contributed by atoms with E-state index in [1.165, 1.54) is 16.8 Å². The fourth-order valence-electron chi connectivity index (χ4n) is 2.34. The van der Waals surface area contributed by atoms with Crippen LogP contribution in [0.5, 0.6) is 0 Å². The average Bonchev–Trinajstić information content (AvgIpc) is 2.45. The van der Waals surface area contributed by atoms with Gasteiger partial charge < -0.3 is 10.0 Å². The van der Waals surface area contributed by atoms with Crippen LogP contribution >= 0.6 is 0 Å². The van der Waals surface area contributed by atoms with Gasteiger partial charge in [-0.2, -0.15) is 0 Å². The summed E-state index contributed by atoms with van der Waals surface area (Å²) in [5, 5.41) is 10.4. The van der Waals surface area contributed by atoms with Gasteiger partial charge in [-0.1, -0.05) is 42.0 Å². The Hall–Kier alpha value is -1.80. The predicted octanol–water partition coefficient (Wildman–Crippen LogP) is 3.86. The molecule has 0 saturated heterocycles. The Morgan fingerprint density at radius 3 is 2.30 bits per heavy atom. The summed E-state index contributed by atoms with van der Waals surface area (Å²) in [5.41, 5.74) is 4.60. The van der Waals surface area contributed by atoms with Crippen molar-refractivity contribution in [2.24, 2.45) is 0 Å². The maximum atomic E-state index is 10.4. The highest BCUT2D eigenvalue weighted by atomic mass is 16.3. The zero-order valence-corrected chi connectivity index (χ0v) is 12.5. The monoisotopic (exact) mass is 269 g/mol. The Kier molecular flexibility index (Phi) is 4.80. The van der Waals surface area contributed by atoms with Crippen molar-refractivity contribution in [3.8, 4) is 0 Å². The van der Waals surface area contributed by atoms with Gasteiger partial charge in [0, 0.05) is 18.8 Å². The number of nitrogens with zero attached hydrogens (tertiary/aromatic N) is 1. The molecule has 2 aromatic carbocycles. The molecule has 0 fully saturated rings. The summed E-state index contributed by atoms with van der Waals surface area (Å²) in [5.74, 6) is 0. The Morgan fingerprint density at radius 2 is 1.70 bits per heavy atom. The van der Waals surface area contributed by atoms with E-state index in [1.54, 1.807) is 0 Å². The summed E-state index contributed by atoms with van der Waals surface area (Å²) < 4.78 is 0. The number of hydrogen-bond acceptors (Lipinski definition) is 2. The van der Waals surface area contributed by atoms with Crippen molar-refractivity contribution in [3.63, 3.8) is 0 Å². The molecule has 0 radical (unpaired) electrons. The van der Waals surface area contributed by atoms with E-state index in [0.717, 1.165) is 12.1 Å². The molecule has 2 rings (SSSR count). The molecule has 1 N–H and O–H groups in total. The van der Waals surface area contributed by atoms with E-state index in [4.69, 9.17) is 0 Å². The third-order valence-corrected chi connectivity index (χ3v) is 3.60. The second kappa shape index (κ2) is 6.58. The van der Waals surface area contributed by atoms with Gasteiger partial charge in [0.05, 0.1) is 6.10 Å². The predicted molar refractivity (Wildman–Crippen MR) is 85.2 cm³/mol. The Morgan fingerprint density at radius 1 is 1.00 bits per heavy atom. The molecular formula is C18H23NO. The van der Waals surface area contributed by atoms with Crippen LogP contribution in [0.25, 0.3) is 0 Å². The smallest absolute Gasteiger partial charge is 0.0964 e. The molecule has 20 heavy (non-hydrogen) atoms. The topological polar surface area (TPSA) is 23.5 Å². The molecule has 2 aromatic rings. The molecule has 0 aromatic heterocycles. The van der Waals surface area contributed by atoms with Gasteiger partial charge in [-0.3, -0.25) is 0 Å². The first-order valence-electron chi connectivity index (χ1n) is 7.16. The van der Waals surface area contributed by atoms with E-state index >= 15 is 0 Å². The van der Waals surface area contributed by atoms with Crippen molar-refractivity contribution in [1.29, 1.82) is 0 Å². The molecule has 2 nitrogen and oxygen atoms in total. The van der Waals surface area contributed by atoms with Gasteiger partial charge in [0.1, 0.15) is 0 Å². The minimum atomic E-state index is -0.462. The van der Waals surface area contributed by atoms with E-state index < -0.39 is 6.10 Å². The third kappa shape index (κ3) is 3.61. The number of rotatable bonds is 5. The molecule has 0 spiro atoms. The summed E-state index contributed by atoms with van der Waals surface area (Å²) >= 11 is 0. The molecule has 0 amide bonds. The Labute approximate surface area is 121 Å². The lowest BCUT2D eigenvalue weighted by Gasteiger charge is -2.26. The maximum absolute atomic E-state index is 10.4. The van der Waals surface area contributed by atoms with Gasteiger partial charge in [-0.05, 0) is 44.0 Å². The zero-order chi connectivity index (χ0) is 14.5. The lowest BCUT2D eigenvalue weighted by atomic mass is 10.1. The van der Waals surface area contributed by atoms with Crippen LogP contribution in [-0.2, 0) is 0 Å². The number of aliphatic hydroxyl groups is 1. The number of anilines is 1. The van der Waals surface area contributed by atoms with E-state index in [-0.39, 0.29) is 0 Å². The highest BCUT2D eigenvalue weighted by Crippen LogP contribution is 2.21. The van der Waals surface area contributed by atoms with Crippen molar-refractivity contribution in [1.82, 2.24) is 0 Å². The molecule has 0 bridgehead atoms. The second-order valence-corrected chi connectivity index (χ2v) is 5.30. The van der Waals surface area contributed by atoms with Crippen LogP contribution in [0.3, 0.4) is 0 Å². The third-order valence-electron chi connectivity index (χ3n) is 3.60. The lowest BCUT2D eigenvalue weighted by Crippen LogP contribution is -2.28. The molecule has 1 unspecified atom stereocenters. The van der Waals surface area contributed by atoms with Gasteiger partial charge >= 0.3 is 0 Å². The second-order valence-electron chi connectivity index (χ2n) is 5.30. The Bertz CT molecular complexity index is 548. The minimum absolute atomic E-state index is 0.462. The van der Waals surface area contributed by atoms with Crippen LogP contribution in [0, 0.1) is 13.8 Å². The first-order valence-corrected chi connectivity index (χ1v) is 7.16. The molecule has 0 aliphatic heterocycles. The number of benzene rings is 2. The molecule has 106 valence electrons. The zero-order valence-electron chi connectivity index (χ0n) is 12.5. The average molecular weight is 269 g/mol. The Balaban J connectivity index is 2.11. The molecule has 0 heterocycles. The van der Waals surface area contributed by atoms with Gasteiger partial charge in [0.25, 0.3) is 0 Å². The molecular weight excluding hydrogens is 246 g/mol. The first kappa shape index (κ1) is 14.6. The van der Waals surface area contributed by atoms with E-state index in [0.29, 0.717) is 6.54 Å². The van der Waals surface area contributed by atoms with Crippen molar-refractivity contribution in [2.75, 3.05) is 18.0 Å². The van der Waals surface area contributed by atoms with Crippen LogP contribution in [0.2, 0.25) is 0 Å². The summed E-state index contributed by atoms with van der Waals surface area (Å²) in [6.45, 7) is 7.76. The van der Waals surface area contributed by atoms with Crippen molar-refractivity contribution in [3.05, 3.63) is 65.2 Å². The minimum Gasteiger partial charge on any atom is -0.387 e. The number of likely N-dealkylation sites (N-methyl/N-ethyl adjacent to an activating group) is 1. The van der Waals surface area contributed by atoms with Crippen LogP contribution in [0.15, 0.2) is 48.5 Å². The standard InChI is InChI=1S/C18H23NO/c1-4-19(17-7-5-6-15(3)12-17)13-18(20)16-10-8-14(2)9-11-16/h5-12,18,20H,4,13H2,1-3H3. The van der Waals surface area contributed by atoms with Gasteiger partial charge in [-0.25, -0.2) is 0 Å². The van der Waals surface area contributed by atoms with Crippen molar-refractivity contribution in [2.45, 2.75) is 26.9 Å². The summed E-state index contributed by atoms with van der Waals surface area (Å²) in [6.07, 6.45) is -0.462. The van der Waals surface area contributed by atoms with E-state index in [9.17, 15) is 5.11 Å². The molecule has 1 atom stereocenters. The van der Waals surface area contributed by atoms with Crippen molar-refractivity contribution < 1.29 is 5.11 Å². The number of hydrogen-bond donors (Lipinski definition) is 1. The molecule has 0 aliphatic rings. The van der Waals surface area contributed by atoms with Gasteiger partial charge in [0.15, 0.2) is 0 Å². The quantitative estimate of drug-likeness (QED) is 0.891.